The van der Waals surface area contributed by atoms with Gasteiger partial charge in [0.05, 0.1) is 59.4 Å². The van der Waals surface area contributed by atoms with Crippen molar-refractivity contribution in [1.29, 1.82) is 0 Å². The van der Waals surface area contributed by atoms with Crippen LogP contribution < -0.4 is 11.1 Å². The molecule has 16 nitrogen and oxygen atoms in total. The molecule has 0 spiro atoms. The van der Waals surface area contributed by atoms with Gasteiger partial charge in [0.2, 0.25) is 5.91 Å². The number of azide groups is 2. The monoisotopic (exact) mass is 1070 g/mol. The summed E-state index contributed by atoms with van der Waals surface area (Å²) in [5.74, 6) is 1.72. The van der Waals surface area contributed by atoms with Gasteiger partial charge in [-0.15, -0.1) is 0 Å². The fourth-order valence-electron chi connectivity index (χ4n) is 12.7. The Balaban J connectivity index is 0.000000172. The number of hydrogen-bond acceptors (Lipinski definition) is 11. The maximum Gasteiger partial charge on any atom is 0.326 e. The lowest BCUT2D eigenvalue weighted by atomic mass is 9.45. The molecular weight excluding hydrogens is 1010 g/mol. The number of cyclic esters (lactones) is 1. The van der Waals surface area contributed by atoms with Crippen LogP contribution in [0, 0.1) is 69.8 Å². The summed E-state index contributed by atoms with van der Waals surface area (Å²) in [6, 6.07) is 8.96. The van der Waals surface area contributed by atoms with E-state index in [-0.39, 0.29) is 50.1 Å². The highest BCUT2D eigenvalue weighted by Gasteiger charge is 2.59. The van der Waals surface area contributed by atoms with Gasteiger partial charge in [-0.1, -0.05) is 76.0 Å². The van der Waals surface area contributed by atoms with Crippen molar-refractivity contribution in [3.63, 3.8) is 0 Å². The highest BCUT2D eigenvalue weighted by atomic mass is 79.9. The number of halogens is 4. The number of rotatable bonds is 11. The van der Waals surface area contributed by atoms with E-state index in [0.29, 0.717) is 54.7 Å². The number of nitrogens with two attached hydrogens (primary N) is 1. The van der Waals surface area contributed by atoms with Crippen molar-refractivity contribution in [2.45, 2.75) is 143 Å². The number of hydrogen-bond donors (Lipinski definition) is 3. The van der Waals surface area contributed by atoms with Crippen molar-refractivity contribution in [3.05, 3.63) is 89.0 Å². The van der Waals surface area contributed by atoms with E-state index in [2.05, 4.69) is 98.8 Å². The number of ether oxygens (including phenoxy) is 1. The third-order valence-electron chi connectivity index (χ3n) is 17.1. The second-order valence-electron chi connectivity index (χ2n) is 21.3. The van der Waals surface area contributed by atoms with Crippen LogP contribution in [0.3, 0.4) is 0 Å². The largest absolute Gasteiger partial charge is 0.461 e. The quantitative estimate of drug-likeness (QED) is 0.0842. The summed E-state index contributed by atoms with van der Waals surface area (Å²) in [5.41, 5.74) is 25.0. The summed E-state index contributed by atoms with van der Waals surface area (Å²) in [4.78, 5) is 43.1. The molecule has 11 rings (SSSR count). The smallest absolute Gasteiger partial charge is 0.326 e. The van der Waals surface area contributed by atoms with Gasteiger partial charge in [-0.2, -0.15) is 10.1 Å². The molecule has 3 saturated heterocycles. The highest BCUT2D eigenvalue weighted by molar-refractivity contribution is 9.10. The molecule has 68 heavy (non-hydrogen) atoms. The second kappa shape index (κ2) is 21.1. The average molecular weight is 1080 g/mol. The normalized spacial score (nSPS) is 36.4. The predicted octanol–water partition coefficient (Wildman–Crippen LogP) is 9.53. The van der Waals surface area contributed by atoms with E-state index in [9.17, 15) is 23.5 Å². The van der Waals surface area contributed by atoms with E-state index in [4.69, 9.17) is 31.2 Å². The van der Waals surface area contributed by atoms with Gasteiger partial charge in [0.1, 0.15) is 29.8 Å². The third kappa shape index (κ3) is 10.2. The third-order valence-corrected chi connectivity index (χ3v) is 18.3. The van der Waals surface area contributed by atoms with Crippen molar-refractivity contribution in [2.24, 2.45) is 74.1 Å². The molecule has 3 heterocycles. The molecule has 6 aliphatic carbocycles. The lowest BCUT2D eigenvalue weighted by Gasteiger charge is -2.62. The number of esters is 1. The molecule has 6 saturated carbocycles. The van der Waals surface area contributed by atoms with Crippen molar-refractivity contribution >= 4 is 43.7 Å². The molecule has 9 aliphatic rings. The van der Waals surface area contributed by atoms with Crippen LogP contribution in [0.4, 0.5) is 8.78 Å². The molecule has 0 aromatic heterocycles. The van der Waals surface area contributed by atoms with Crippen LogP contribution in [0.2, 0.25) is 0 Å². The van der Waals surface area contributed by atoms with Gasteiger partial charge in [0.15, 0.2) is 0 Å². The van der Waals surface area contributed by atoms with Crippen LogP contribution in [0.1, 0.15) is 92.2 Å². The van der Waals surface area contributed by atoms with Crippen LogP contribution in [0.15, 0.2) is 55.6 Å². The molecule has 4 bridgehead atoms. The number of benzene rings is 2. The van der Waals surface area contributed by atoms with Gasteiger partial charge in [-0.3, -0.25) is 19.3 Å². The van der Waals surface area contributed by atoms with Crippen molar-refractivity contribution in [1.82, 2.24) is 15.4 Å². The summed E-state index contributed by atoms with van der Waals surface area (Å²) in [6.07, 6.45) is 2.43. The topological polar surface area (TPSA) is 224 Å². The summed E-state index contributed by atoms with van der Waals surface area (Å²) >= 11 is 6.34. The molecule has 0 radical (unpaired) electrons. The van der Waals surface area contributed by atoms with E-state index in [1.165, 1.54) is 29.4 Å². The van der Waals surface area contributed by atoms with Gasteiger partial charge in [-0.05, 0) is 141 Å². The number of aliphatic hydroxyl groups excluding tert-OH is 1. The Hall–Kier alpha value is -3.42. The molecule has 1 amide bonds. The zero-order chi connectivity index (χ0) is 49.6. The molecule has 9 fully saturated rings. The molecule has 2 aromatic carbocycles. The van der Waals surface area contributed by atoms with Gasteiger partial charge in [0.25, 0.3) is 0 Å². The maximum atomic E-state index is 14.7. The first-order valence-corrected chi connectivity index (χ1v) is 25.4. The minimum Gasteiger partial charge on any atom is -0.461 e. The van der Waals surface area contributed by atoms with Gasteiger partial charge < -0.3 is 20.9 Å². The number of carbonyl (C=O) groups is 2. The molecule has 2 aromatic rings. The first-order chi connectivity index (χ1) is 32.1. The van der Waals surface area contributed by atoms with E-state index in [1.54, 1.807) is 50.2 Å². The highest BCUT2D eigenvalue weighted by Crippen LogP contribution is 2.62. The van der Waals surface area contributed by atoms with Gasteiger partial charge in [0, 0.05) is 39.0 Å². The molecule has 20 heteroatoms. The van der Waals surface area contributed by atoms with Crippen LogP contribution in [-0.2, 0) is 37.1 Å². The first-order valence-electron chi connectivity index (χ1n) is 23.8. The number of nitrogens with one attached hydrogen (secondary N) is 1. The Labute approximate surface area is 414 Å². The minimum atomic E-state index is -0.900. The fraction of sp³-hybridized carbons (Fsp3) is 0.708. The Morgan fingerprint density at radius 2 is 1.38 bits per heavy atom. The van der Waals surface area contributed by atoms with Gasteiger partial charge >= 0.3 is 5.97 Å². The Morgan fingerprint density at radius 3 is 1.88 bits per heavy atom. The molecule has 3 aliphatic heterocycles. The summed E-state index contributed by atoms with van der Waals surface area (Å²) in [7, 11) is 0. The summed E-state index contributed by atoms with van der Waals surface area (Å²) < 4.78 is 34.8. The van der Waals surface area contributed by atoms with E-state index < -0.39 is 53.9 Å². The zero-order valence-electron chi connectivity index (χ0n) is 40.0. The maximum absolute atomic E-state index is 14.7. The van der Waals surface area contributed by atoms with Gasteiger partial charge in [-0.25, -0.2) is 8.78 Å². The van der Waals surface area contributed by atoms with E-state index in [1.807, 2.05) is 0 Å². The number of nitrogens with zero attached hydrogens (tertiary/aromatic N) is 8. The summed E-state index contributed by atoms with van der Waals surface area (Å²) in [5, 5.41) is 23.8. The van der Waals surface area contributed by atoms with Crippen molar-refractivity contribution in [3.8, 4) is 0 Å². The average Bonchev–Trinajstić information content (AvgIpc) is 3.94. The van der Waals surface area contributed by atoms with Crippen molar-refractivity contribution < 1.29 is 37.9 Å². The fourth-order valence-corrected chi connectivity index (χ4v) is 13.6. The Kier molecular flexibility index (Phi) is 16.3. The van der Waals surface area contributed by atoms with Crippen LogP contribution in [0.5, 0.6) is 0 Å². The summed E-state index contributed by atoms with van der Waals surface area (Å²) in [6.45, 7) is 17.5. The Morgan fingerprint density at radius 1 is 0.868 bits per heavy atom. The molecular formula is C48H66Br2F2N10O6. The Bertz CT molecular complexity index is 2280. The number of aliphatic hydroxyl groups is 1. The second-order valence-corrected chi connectivity index (χ2v) is 23.0. The molecule has 372 valence electrons. The molecule has 4 N–H and O–H groups in total. The minimum absolute atomic E-state index is 0.0118. The predicted molar refractivity (Wildman–Crippen MR) is 257 cm³/mol. The first kappa shape index (κ1) is 52.4. The number of hydroxylamine groups is 4. The lowest BCUT2D eigenvalue weighted by Crippen LogP contribution is -2.62. The number of fused-ring (bicyclic) bond motifs is 5. The van der Waals surface area contributed by atoms with E-state index in [0.717, 1.165) is 24.2 Å². The van der Waals surface area contributed by atoms with Crippen LogP contribution in [-0.4, -0.2) is 88.8 Å². The van der Waals surface area contributed by atoms with Crippen LogP contribution >= 0.6 is 31.9 Å². The SMILES string of the molecule is C[C@@H]1OC(=O)[C@@H]2[C@H]1[C@H](CN=[N+]=[N-])ON2Cc1cccc(Br)c1F.C[C@@H]1[C@@H](N)C[C@H]2C[C@@H]1C2(C)C.C[C@@H]1[C@@H](NC(=O)[C@@H]2[C@H]([C@H](C)O)[C@H](CN=[N+]=[N-])ON2Cc2cccc(Br)c2F)C[C@H]2C[C@@H]1C2(C)C. The molecule has 0 unspecified atom stereocenters. The lowest BCUT2D eigenvalue weighted by molar-refractivity contribution is -0.188. The number of carbonyl (C=O) groups excluding carboxylic acids is 2. The number of amides is 1. The van der Waals surface area contributed by atoms with E-state index >= 15 is 0 Å². The van der Waals surface area contributed by atoms with Crippen LogP contribution in [0.25, 0.3) is 20.9 Å². The molecule has 16 atom stereocenters. The standard InChI is InChI=1S/C24H33BrFN5O3.C14H14BrFN4O3.C10H19N/c1-12-16-8-15(24(16,3)4)9-18(12)29-23(33)22-20(13(2)32)19(10-28-30-27)34-31(22)11-14-6-5-7-17(25)21(14)26;1-7-11-10(5-18-19-17)23-20(13(11)14(21)22-7)6-8-3-2-4-9(15)12(8)16;1-6-8-4-7(5-9(6)11)10(8,2)3/h5-7,12-13,15-16,18-20,22,32H,8-11H2,1-4H3,(H,29,33);2-4,7,10-11,13H,5-6H2,1H3;6-9H,4-5,11H2,1-3H3/t12-,13-,15+,16-,18-,19-,20+,22-;7-,10-,11+,13-;6-,7+,8-,9-/m000/s1. The zero-order valence-corrected chi connectivity index (χ0v) is 43.2. The van der Waals surface area contributed by atoms with Crippen molar-refractivity contribution in [2.75, 3.05) is 13.1 Å².